The quantitative estimate of drug-likeness (QED) is 0.644. The smallest absolute Gasteiger partial charge is 0.268 e. The van der Waals surface area contributed by atoms with E-state index in [1.165, 1.54) is 6.92 Å². The third-order valence-corrected chi connectivity index (χ3v) is 2.73. The van der Waals surface area contributed by atoms with Crippen LogP contribution in [-0.2, 0) is 14.9 Å². The zero-order chi connectivity index (χ0) is 9.07. The van der Waals surface area contributed by atoms with Gasteiger partial charge in [-0.3, -0.25) is 9.35 Å². The summed E-state index contributed by atoms with van der Waals surface area (Å²) < 4.78 is 29.5. The predicted octanol–water partition coefficient (Wildman–Crippen LogP) is 0.632. The van der Waals surface area contributed by atoms with Crippen LogP contribution in [0.3, 0.4) is 0 Å². The van der Waals surface area contributed by atoms with Crippen LogP contribution in [0.4, 0.5) is 0 Å². The van der Waals surface area contributed by atoms with Gasteiger partial charge in [-0.2, -0.15) is 8.42 Å². The van der Waals surface area contributed by atoms with Crippen molar-refractivity contribution in [2.24, 2.45) is 0 Å². The SMILES string of the molecule is CCC(CC(C)=O)S(=O)(=O)O. The molecule has 0 fully saturated rings. The first-order chi connectivity index (χ1) is 4.88. The van der Waals surface area contributed by atoms with Gasteiger partial charge in [0.2, 0.25) is 0 Å². The molecule has 66 valence electrons. The molecule has 0 saturated heterocycles. The molecule has 1 atom stereocenters. The number of carbonyl (C=O) groups is 1. The van der Waals surface area contributed by atoms with Crippen molar-refractivity contribution >= 4 is 15.9 Å². The molecule has 1 N–H and O–H groups in total. The minimum Gasteiger partial charge on any atom is -0.300 e. The Morgan fingerprint density at radius 3 is 2.09 bits per heavy atom. The van der Waals surface area contributed by atoms with E-state index in [0.29, 0.717) is 0 Å². The van der Waals surface area contributed by atoms with E-state index in [2.05, 4.69) is 0 Å². The molecule has 0 bridgehead atoms. The van der Waals surface area contributed by atoms with E-state index >= 15 is 0 Å². The lowest BCUT2D eigenvalue weighted by molar-refractivity contribution is -0.117. The Balaban J connectivity index is 4.31. The van der Waals surface area contributed by atoms with Gasteiger partial charge in [0.1, 0.15) is 5.78 Å². The van der Waals surface area contributed by atoms with Crippen molar-refractivity contribution in [3.63, 3.8) is 0 Å². The average molecular weight is 180 g/mol. The monoisotopic (exact) mass is 180 g/mol. The van der Waals surface area contributed by atoms with Crippen molar-refractivity contribution in [2.45, 2.75) is 31.9 Å². The first-order valence-corrected chi connectivity index (χ1v) is 4.84. The van der Waals surface area contributed by atoms with E-state index in [1.54, 1.807) is 6.92 Å². The van der Waals surface area contributed by atoms with E-state index < -0.39 is 15.4 Å². The van der Waals surface area contributed by atoms with Crippen LogP contribution in [0, 0.1) is 0 Å². The fraction of sp³-hybridized carbons (Fsp3) is 0.833. The van der Waals surface area contributed by atoms with E-state index in [-0.39, 0.29) is 18.6 Å². The molecule has 11 heavy (non-hydrogen) atoms. The minimum atomic E-state index is -4.03. The van der Waals surface area contributed by atoms with Crippen LogP contribution in [0.15, 0.2) is 0 Å². The molecule has 0 aromatic carbocycles. The van der Waals surface area contributed by atoms with Crippen LogP contribution in [0.25, 0.3) is 0 Å². The molecule has 0 aliphatic rings. The van der Waals surface area contributed by atoms with Crippen LogP contribution >= 0.6 is 0 Å². The average Bonchev–Trinajstić information content (AvgIpc) is 1.79. The van der Waals surface area contributed by atoms with Gasteiger partial charge < -0.3 is 0 Å². The molecule has 5 heteroatoms. The van der Waals surface area contributed by atoms with Gasteiger partial charge in [-0.1, -0.05) is 6.92 Å². The molecule has 0 amide bonds. The lowest BCUT2D eigenvalue weighted by Crippen LogP contribution is -2.21. The van der Waals surface area contributed by atoms with Gasteiger partial charge in [0.05, 0.1) is 5.25 Å². The van der Waals surface area contributed by atoms with Gasteiger partial charge in [-0.05, 0) is 13.3 Å². The third kappa shape index (κ3) is 4.10. The molecular weight excluding hydrogens is 168 g/mol. The normalized spacial score (nSPS) is 14.5. The summed E-state index contributed by atoms with van der Waals surface area (Å²) in [6, 6.07) is 0. The third-order valence-electron chi connectivity index (χ3n) is 1.39. The Morgan fingerprint density at radius 2 is 2.00 bits per heavy atom. The largest absolute Gasteiger partial charge is 0.300 e. The maximum Gasteiger partial charge on any atom is 0.268 e. The molecular formula is C6H12O4S. The van der Waals surface area contributed by atoms with Crippen LogP contribution in [-0.4, -0.2) is 24.0 Å². The Bertz CT molecular complexity index is 229. The molecule has 0 aromatic heterocycles. The molecule has 1 unspecified atom stereocenters. The highest BCUT2D eigenvalue weighted by Gasteiger charge is 2.21. The maximum atomic E-state index is 10.5. The molecule has 0 aliphatic carbocycles. The van der Waals surface area contributed by atoms with Crippen molar-refractivity contribution in [3.05, 3.63) is 0 Å². The van der Waals surface area contributed by atoms with E-state index in [9.17, 15) is 13.2 Å². The maximum absolute atomic E-state index is 10.5. The van der Waals surface area contributed by atoms with E-state index in [1.807, 2.05) is 0 Å². The molecule has 0 heterocycles. The molecule has 0 aliphatic heterocycles. The minimum absolute atomic E-state index is 0.102. The second-order valence-corrected chi connectivity index (χ2v) is 4.15. The fourth-order valence-corrected chi connectivity index (χ4v) is 1.65. The highest BCUT2D eigenvalue weighted by molar-refractivity contribution is 7.86. The standard InChI is InChI=1S/C6H12O4S/c1-3-6(4-5(2)7)11(8,9)10/h6H,3-4H2,1-2H3,(H,8,9,10). The zero-order valence-electron chi connectivity index (χ0n) is 6.57. The Morgan fingerprint density at radius 1 is 1.55 bits per heavy atom. The zero-order valence-corrected chi connectivity index (χ0v) is 7.39. The number of hydrogen-bond acceptors (Lipinski definition) is 3. The summed E-state index contributed by atoms with van der Waals surface area (Å²) in [5.41, 5.74) is 0. The Hall–Kier alpha value is -0.420. The van der Waals surface area contributed by atoms with Crippen LogP contribution < -0.4 is 0 Å². The molecule has 0 aromatic rings. The summed E-state index contributed by atoms with van der Waals surface area (Å²) in [7, 11) is -4.03. The van der Waals surface area contributed by atoms with Gasteiger partial charge in [0.25, 0.3) is 10.1 Å². The van der Waals surface area contributed by atoms with Crippen LogP contribution in [0.1, 0.15) is 26.7 Å². The summed E-state index contributed by atoms with van der Waals surface area (Å²) in [5, 5.41) is -0.931. The van der Waals surface area contributed by atoms with Gasteiger partial charge in [0, 0.05) is 6.42 Å². The molecule has 0 radical (unpaired) electrons. The summed E-state index contributed by atoms with van der Waals surface area (Å²) in [6.07, 6.45) is 0.160. The van der Waals surface area contributed by atoms with Crippen LogP contribution in [0.2, 0.25) is 0 Å². The first-order valence-electron chi connectivity index (χ1n) is 3.33. The van der Waals surface area contributed by atoms with Gasteiger partial charge in [-0.15, -0.1) is 0 Å². The number of hydrogen-bond donors (Lipinski definition) is 1. The van der Waals surface area contributed by atoms with Crippen LogP contribution in [0.5, 0.6) is 0 Å². The summed E-state index contributed by atoms with van der Waals surface area (Å²) in [4.78, 5) is 10.5. The number of rotatable bonds is 4. The topological polar surface area (TPSA) is 71.4 Å². The Kier molecular flexibility index (Phi) is 3.68. The summed E-state index contributed by atoms with van der Waals surface area (Å²) >= 11 is 0. The number of Topliss-reactive ketones (excluding diaryl/α,β-unsaturated/α-hetero) is 1. The van der Waals surface area contributed by atoms with Gasteiger partial charge >= 0.3 is 0 Å². The first kappa shape index (κ1) is 10.6. The van der Waals surface area contributed by atoms with E-state index in [0.717, 1.165) is 0 Å². The molecule has 0 spiro atoms. The lowest BCUT2D eigenvalue weighted by Gasteiger charge is -2.07. The second-order valence-electron chi connectivity index (χ2n) is 2.45. The lowest BCUT2D eigenvalue weighted by atomic mass is 10.2. The fourth-order valence-electron chi connectivity index (χ4n) is 0.781. The van der Waals surface area contributed by atoms with Gasteiger partial charge in [0.15, 0.2) is 0 Å². The van der Waals surface area contributed by atoms with Crippen molar-refractivity contribution in [2.75, 3.05) is 0 Å². The predicted molar refractivity (Wildman–Crippen MR) is 40.9 cm³/mol. The van der Waals surface area contributed by atoms with Crippen molar-refractivity contribution in [1.29, 1.82) is 0 Å². The van der Waals surface area contributed by atoms with Crippen molar-refractivity contribution < 1.29 is 17.8 Å². The molecule has 0 saturated carbocycles. The highest BCUT2D eigenvalue weighted by atomic mass is 32.2. The van der Waals surface area contributed by atoms with Crippen molar-refractivity contribution in [3.8, 4) is 0 Å². The molecule has 4 nitrogen and oxygen atoms in total. The van der Waals surface area contributed by atoms with E-state index in [4.69, 9.17) is 4.55 Å². The van der Waals surface area contributed by atoms with Crippen molar-refractivity contribution in [1.82, 2.24) is 0 Å². The summed E-state index contributed by atoms with van der Waals surface area (Å²) in [5.74, 6) is -0.227. The second kappa shape index (κ2) is 3.82. The number of ketones is 1. The Labute approximate surface area is 66.4 Å². The molecule has 0 rings (SSSR count). The van der Waals surface area contributed by atoms with Gasteiger partial charge in [-0.25, -0.2) is 0 Å². The highest BCUT2D eigenvalue weighted by Crippen LogP contribution is 2.08. The number of carbonyl (C=O) groups excluding carboxylic acids is 1. The summed E-state index contributed by atoms with van der Waals surface area (Å²) in [6.45, 7) is 2.91.